The van der Waals surface area contributed by atoms with Gasteiger partial charge in [0.05, 0.1) is 9.83 Å². The summed E-state index contributed by atoms with van der Waals surface area (Å²) in [6.45, 7) is 8.41. The van der Waals surface area contributed by atoms with E-state index in [4.69, 9.17) is 5.73 Å². The topological polar surface area (TPSA) is 32.5 Å². The van der Waals surface area contributed by atoms with Crippen molar-refractivity contribution in [3.8, 4) is 0 Å². The van der Waals surface area contributed by atoms with E-state index >= 15 is 0 Å². The Morgan fingerprint density at radius 3 is 2.37 bits per heavy atom. The molecule has 1 atom stereocenters. The molecular weight excluding hydrogens is 322 g/mol. The summed E-state index contributed by atoms with van der Waals surface area (Å²) in [7, 11) is 4.24. The highest BCUT2D eigenvalue weighted by molar-refractivity contribution is 9.11. The second-order valence-corrected chi connectivity index (χ2v) is 8.08. The third-order valence-electron chi connectivity index (χ3n) is 3.02. The second-order valence-electron chi connectivity index (χ2n) is 5.59. The first kappa shape index (κ1) is 17.1. The van der Waals surface area contributed by atoms with Gasteiger partial charge in [-0.2, -0.15) is 0 Å². The molecule has 1 heterocycles. The van der Waals surface area contributed by atoms with E-state index in [1.807, 2.05) is 0 Å². The zero-order chi connectivity index (χ0) is 14.4. The Labute approximate surface area is 129 Å². The monoisotopic (exact) mass is 347 g/mol. The van der Waals surface area contributed by atoms with Gasteiger partial charge in [0.25, 0.3) is 0 Å². The van der Waals surface area contributed by atoms with E-state index < -0.39 is 0 Å². The number of hydrogen-bond acceptors (Lipinski definition) is 4. The van der Waals surface area contributed by atoms with Crippen LogP contribution in [0.25, 0.3) is 0 Å². The van der Waals surface area contributed by atoms with Crippen molar-refractivity contribution in [2.75, 3.05) is 40.3 Å². The van der Waals surface area contributed by atoms with Crippen LogP contribution in [-0.4, -0.2) is 50.1 Å². The van der Waals surface area contributed by atoms with Gasteiger partial charge in [-0.3, -0.25) is 4.90 Å². The lowest BCUT2D eigenvalue weighted by Gasteiger charge is -2.32. The summed E-state index contributed by atoms with van der Waals surface area (Å²) < 4.78 is 1.18. The molecule has 0 spiro atoms. The lowest BCUT2D eigenvalue weighted by molar-refractivity contribution is 0.166. The molecule has 19 heavy (non-hydrogen) atoms. The fraction of sp³-hybridized carbons (Fsp3) is 0.714. The number of rotatable bonds is 8. The minimum atomic E-state index is 0.332. The van der Waals surface area contributed by atoms with Crippen LogP contribution in [0.1, 0.15) is 24.8 Å². The summed E-state index contributed by atoms with van der Waals surface area (Å²) in [4.78, 5) is 6.10. The van der Waals surface area contributed by atoms with Gasteiger partial charge < -0.3 is 10.6 Å². The Kier molecular flexibility index (Phi) is 7.54. The average Bonchev–Trinajstić information content (AvgIpc) is 2.72. The second kappa shape index (κ2) is 8.37. The molecule has 0 aromatic carbocycles. The Morgan fingerprint density at radius 2 is 1.95 bits per heavy atom. The van der Waals surface area contributed by atoms with Crippen LogP contribution in [-0.2, 0) is 0 Å². The van der Waals surface area contributed by atoms with E-state index in [2.05, 4.69) is 65.8 Å². The lowest BCUT2D eigenvalue weighted by atomic mass is 10.1. The summed E-state index contributed by atoms with van der Waals surface area (Å²) in [5, 5.41) is 0. The zero-order valence-corrected chi connectivity index (χ0v) is 14.8. The van der Waals surface area contributed by atoms with E-state index in [0.29, 0.717) is 18.5 Å². The number of nitrogens with zero attached hydrogens (tertiary/aromatic N) is 2. The molecule has 0 fully saturated rings. The van der Waals surface area contributed by atoms with Crippen LogP contribution in [0, 0.1) is 5.92 Å². The fourth-order valence-corrected chi connectivity index (χ4v) is 3.70. The standard InChI is InChI=1S/C14H26BrN3S/c1-11(2)10-18(8-7-17(3)4)12(9-16)13-5-6-14(15)19-13/h5-6,11-12H,7-10,16H2,1-4H3. The molecular formula is C14H26BrN3S. The molecule has 1 aromatic heterocycles. The SMILES string of the molecule is CC(C)CN(CCN(C)C)C(CN)c1ccc(Br)s1. The first-order valence-electron chi connectivity index (χ1n) is 6.78. The summed E-state index contributed by atoms with van der Waals surface area (Å²) >= 11 is 5.33. The molecule has 0 saturated heterocycles. The fourth-order valence-electron chi connectivity index (χ4n) is 2.12. The van der Waals surface area contributed by atoms with Gasteiger partial charge in [0.1, 0.15) is 0 Å². The van der Waals surface area contributed by atoms with Crippen molar-refractivity contribution in [3.05, 3.63) is 20.8 Å². The number of likely N-dealkylation sites (N-methyl/N-ethyl adjacent to an activating group) is 1. The van der Waals surface area contributed by atoms with E-state index in [9.17, 15) is 0 Å². The highest BCUT2D eigenvalue weighted by atomic mass is 79.9. The smallest absolute Gasteiger partial charge is 0.0702 e. The van der Waals surface area contributed by atoms with Crippen molar-refractivity contribution in [3.63, 3.8) is 0 Å². The zero-order valence-electron chi connectivity index (χ0n) is 12.4. The molecule has 1 aromatic rings. The summed E-state index contributed by atoms with van der Waals surface area (Å²) in [5.74, 6) is 0.652. The van der Waals surface area contributed by atoms with Gasteiger partial charge in [-0.15, -0.1) is 11.3 Å². The third kappa shape index (κ3) is 5.92. The number of thiophene rings is 1. The lowest BCUT2D eigenvalue weighted by Crippen LogP contribution is -2.39. The molecule has 110 valence electrons. The molecule has 0 bridgehead atoms. The maximum atomic E-state index is 6.03. The van der Waals surface area contributed by atoms with Crippen LogP contribution in [0.5, 0.6) is 0 Å². The minimum Gasteiger partial charge on any atom is -0.329 e. The van der Waals surface area contributed by atoms with E-state index in [-0.39, 0.29) is 0 Å². The van der Waals surface area contributed by atoms with Crippen molar-refractivity contribution < 1.29 is 0 Å². The molecule has 0 aliphatic heterocycles. The minimum absolute atomic E-state index is 0.332. The van der Waals surface area contributed by atoms with Crippen molar-refractivity contribution in [2.45, 2.75) is 19.9 Å². The largest absolute Gasteiger partial charge is 0.329 e. The Balaban J connectivity index is 2.79. The maximum Gasteiger partial charge on any atom is 0.0702 e. The van der Waals surface area contributed by atoms with E-state index in [1.165, 1.54) is 8.66 Å². The van der Waals surface area contributed by atoms with Crippen LogP contribution in [0.4, 0.5) is 0 Å². The van der Waals surface area contributed by atoms with Crippen LogP contribution < -0.4 is 5.73 Å². The van der Waals surface area contributed by atoms with Gasteiger partial charge in [0.15, 0.2) is 0 Å². The Morgan fingerprint density at radius 1 is 1.26 bits per heavy atom. The Bertz CT molecular complexity index is 365. The molecule has 5 heteroatoms. The summed E-state index contributed by atoms with van der Waals surface area (Å²) in [6, 6.07) is 4.64. The molecule has 0 saturated carbocycles. The molecule has 1 unspecified atom stereocenters. The average molecular weight is 348 g/mol. The van der Waals surface area contributed by atoms with Crippen molar-refractivity contribution in [1.82, 2.24) is 9.80 Å². The van der Waals surface area contributed by atoms with Crippen LogP contribution >= 0.6 is 27.3 Å². The van der Waals surface area contributed by atoms with Crippen molar-refractivity contribution >= 4 is 27.3 Å². The molecule has 0 aliphatic rings. The van der Waals surface area contributed by atoms with Gasteiger partial charge in [0.2, 0.25) is 0 Å². The summed E-state index contributed by atoms with van der Waals surface area (Å²) in [5.41, 5.74) is 6.03. The van der Waals surface area contributed by atoms with Crippen LogP contribution in [0.2, 0.25) is 0 Å². The first-order valence-corrected chi connectivity index (χ1v) is 8.39. The number of hydrogen-bond donors (Lipinski definition) is 1. The van der Waals surface area contributed by atoms with Gasteiger partial charge in [-0.25, -0.2) is 0 Å². The highest BCUT2D eigenvalue weighted by Crippen LogP contribution is 2.30. The maximum absolute atomic E-state index is 6.03. The number of nitrogens with two attached hydrogens (primary N) is 1. The van der Waals surface area contributed by atoms with Crippen molar-refractivity contribution in [1.29, 1.82) is 0 Å². The van der Waals surface area contributed by atoms with Gasteiger partial charge in [-0.05, 0) is 48.1 Å². The van der Waals surface area contributed by atoms with Crippen LogP contribution in [0.15, 0.2) is 15.9 Å². The molecule has 3 nitrogen and oxygen atoms in total. The molecule has 0 radical (unpaired) electrons. The molecule has 2 N–H and O–H groups in total. The predicted octanol–water partition coefficient (Wildman–Crippen LogP) is 3.03. The van der Waals surface area contributed by atoms with Gasteiger partial charge >= 0.3 is 0 Å². The van der Waals surface area contributed by atoms with E-state index in [0.717, 1.165) is 19.6 Å². The number of halogens is 1. The quantitative estimate of drug-likeness (QED) is 0.784. The normalized spacial score (nSPS) is 13.7. The van der Waals surface area contributed by atoms with Gasteiger partial charge in [0, 0.05) is 31.1 Å². The highest BCUT2D eigenvalue weighted by Gasteiger charge is 2.21. The predicted molar refractivity (Wildman–Crippen MR) is 88.8 cm³/mol. The first-order chi connectivity index (χ1) is 8.93. The molecule has 1 rings (SSSR count). The third-order valence-corrected chi connectivity index (χ3v) is 4.75. The molecule has 0 amide bonds. The Hall–Kier alpha value is 0.0600. The van der Waals surface area contributed by atoms with Crippen molar-refractivity contribution in [2.24, 2.45) is 11.7 Å². The molecule has 0 aliphatic carbocycles. The van der Waals surface area contributed by atoms with Gasteiger partial charge in [-0.1, -0.05) is 13.8 Å². The van der Waals surface area contributed by atoms with E-state index in [1.54, 1.807) is 11.3 Å². The summed E-state index contributed by atoms with van der Waals surface area (Å²) in [6.07, 6.45) is 0. The van der Waals surface area contributed by atoms with Crippen LogP contribution in [0.3, 0.4) is 0 Å².